The van der Waals surface area contributed by atoms with Crippen LogP contribution in [0.25, 0.3) is 10.9 Å². The maximum absolute atomic E-state index is 12.3. The number of hydrogen-bond donors (Lipinski definition) is 1. The van der Waals surface area contributed by atoms with Crippen LogP contribution in [0.2, 0.25) is 5.02 Å². The molecular formula is C18H17ClN4O4S. The van der Waals surface area contributed by atoms with Crippen LogP contribution in [0, 0.1) is 0 Å². The van der Waals surface area contributed by atoms with E-state index in [2.05, 4.69) is 15.3 Å². The monoisotopic (exact) mass is 420 g/mol. The number of ether oxygens (including phenoxy) is 1. The van der Waals surface area contributed by atoms with E-state index in [0.717, 1.165) is 4.31 Å². The van der Waals surface area contributed by atoms with Crippen LogP contribution in [0.4, 0.5) is 5.69 Å². The molecule has 8 nitrogen and oxygen atoms in total. The van der Waals surface area contributed by atoms with Crippen molar-refractivity contribution in [3.63, 3.8) is 0 Å². The molecule has 1 N–H and O–H groups in total. The lowest BCUT2D eigenvalue weighted by atomic mass is 10.2. The second-order valence-corrected chi connectivity index (χ2v) is 8.52. The number of carbonyl (C=O) groups is 1. The Bertz CT molecular complexity index is 1130. The average Bonchev–Trinajstić information content (AvgIpc) is 2.67. The summed E-state index contributed by atoms with van der Waals surface area (Å²) < 4.78 is 31.1. The lowest BCUT2D eigenvalue weighted by Crippen LogP contribution is -2.23. The molecule has 10 heteroatoms. The van der Waals surface area contributed by atoms with Gasteiger partial charge < -0.3 is 10.1 Å². The number of aromatic nitrogens is 2. The third-order valence-corrected chi connectivity index (χ3v) is 5.98. The molecule has 0 saturated heterocycles. The summed E-state index contributed by atoms with van der Waals surface area (Å²) in [6.07, 6.45) is 1.35. The first-order valence-electron chi connectivity index (χ1n) is 8.13. The van der Waals surface area contributed by atoms with Crippen molar-refractivity contribution in [2.75, 3.05) is 26.0 Å². The number of para-hydroxylation sites is 1. The fraction of sp³-hybridized carbons (Fsp3) is 0.167. The van der Waals surface area contributed by atoms with E-state index in [1.54, 1.807) is 12.1 Å². The van der Waals surface area contributed by atoms with Crippen LogP contribution in [-0.4, -0.2) is 49.3 Å². The Labute approximate surface area is 167 Å². The predicted molar refractivity (Wildman–Crippen MR) is 106 cm³/mol. The molecule has 2 aromatic carbocycles. The molecule has 1 heterocycles. The van der Waals surface area contributed by atoms with Crippen molar-refractivity contribution in [1.82, 2.24) is 14.3 Å². The molecule has 3 aromatic rings. The zero-order valence-corrected chi connectivity index (χ0v) is 16.7. The van der Waals surface area contributed by atoms with Crippen molar-refractivity contribution in [1.29, 1.82) is 0 Å². The number of nitrogens with one attached hydrogen (secondary N) is 1. The normalized spacial score (nSPS) is 11.6. The number of anilines is 1. The summed E-state index contributed by atoms with van der Waals surface area (Å²) in [5.74, 6) is -0.236. The number of rotatable bonds is 6. The van der Waals surface area contributed by atoms with Gasteiger partial charge in [-0.25, -0.2) is 22.7 Å². The molecule has 0 spiro atoms. The number of amides is 1. The summed E-state index contributed by atoms with van der Waals surface area (Å²) in [4.78, 5) is 20.5. The van der Waals surface area contributed by atoms with Gasteiger partial charge in [-0.1, -0.05) is 23.7 Å². The van der Waals surface area contributed by atoms with Crippen molar-refractivity contribution in [3.05, 3.63) is 53.8 Å². The molecule has 0 aliphatic rings. The van der Waals surface area contributed by atoms with Crippen LogP contribution in [0.3, 0.4) is 0 Å². The van der Waals surface area contributed by atoms with Crippen molar-refractivity contribution in [3.8, 4) is 5.88 Å². The molecule has 0 saturated carbocycles. The minimum Gasteiger partial charge on any atom is -0.467 e. The lowest BCUT2D eigenvalue weighted by Gasteiger charge is -2.14. The molecule has 28 heavy (non-hydrogen) atoms. The first-order valence-corrected chi connectivity index (χ1v) is 9.95. The molecule has 0 aliphatic heterocycles. The Morgan fingerprint density at radius 3 is 2.68 bits per heavy atom. The van der Waals surface area contributed by atoms with Gasteiger partial charge in [0.2, 0.25) is 15.9 Å². The second kappa shape index (κ2) is 8.09. The zero-order valence-electron chi connectivity index (χ0n) is 15.1. The molecule has 0 atom stereocenters. The lowest BCUT2D eigenvalue weighted by molar-refractivity contribution is -0.118. The Balaban J connectivity index is 1.75. The molecule has 146 valence electrons. The van der Waals surface area contributed by atoms with Crippen molar-refractivity contribution >= 4 is 44.1 Å². The van der Waals surface area contributed by atoms with Crippen LogP contribution in [0.15, 0.2) is 53.7 Å². The molecule has 0 bridgehead atoms. The van der Waals surface area contributed by atoms with Crippen LogP contribution in [0.5, 0.6) is 5.88 Å². The van der Waals surface area contributed by atoms with Crippen LogP contribution in [0.1, 0.15) is 0 Å². The topological polar surface area (TPSA) is 101 Å². The van der Waals surface area contributed by atoms with E-state index in [1.165, 1.54) is 38.6 Å². The summed E-state index contributed by atoms with van der Waals surface area (Å²) in [5, 5.41) is 3.44. The minimum atomic E-state index is -3.66. The van der Waals surface area contributed by atoms with Gasteiger partial charge in [0.1, 0.15) is 6.33 Å². The molecule has 1 amide bonds. The Kier molecular flexibility index (Phi) is 5.78. The highest BCUT2D eigenvalue weighted by atomic mass is 35.5. The third-order valence-electron chi connectivity index (χ3n) is 3.84. The van der Waals surface area contributed by atoms with E-state index in [1.807, 2.05) is 12.1 Å². The van der Waals surface area contributed by atoms with E-state index in [9.17, 15) is 13.2 Å². The van der Waals surface area contributed by atoms with E-state index in [0.29, 0.717) is 10.9 Å². The van der Waals surface area contributed by atoms with Crippen molar-refractivity contribution in [2.24, 2.45) is 0 Å². The standard InChI is InChI=1S/C18H17ClN4O4S/c1-23(2)28(25,26)12-7-8-14(19)16(9-12)22-17(24)10-27-18-13-5-3-4-6-15(13)20-11-21-18/h3-9,11H,10H2,1-2H3,(H,22,24). The number of halogens is 1. The fourth-order valence-corrected chi connectivity index (χ4v) is 3.48. The third kappa shape index (κ3) is 4.22. The highest BCUT2D eigenvalue weighted by molar-refractivity contribution is 7.89. The van der Waals surface area contributed by atoms with Gasteiger partial charge in [-0.15, -0.1) is 0 Å². The van der Waals surface area contributed by atoms with E-state index in [4.69, 9.17) is 16.3 Å². The Morgan fingerprint density at radius 2 is 1.93 bits per heavy atom. The number of nitrogens with zero attached hydrogens (tertiary/aromatic N) is 3. The summed E-state index contributed by atoms with van der Waals surface area (Å²) in [5.41, 5.74) is 0.864. The SMILES string of the molecule is CN(C)S(=O)(=O)c1ccc(Cl)c(NC(=O)COc2ncnc3ccccc23)c1. The average molecular weight is 421 g/mol. The van der Waals surface area contributed by atoms with Crippen LogP contribution in [-0.2, 0) is 14.8 Å². The predicted octanol–water partition coefficient (Wildman–Crippen LogP) is 2.55. The molecular weight excluding hydrogens is 404 g/mol. The first kappa shape index (κ1) is 20.0. The number of benzene rings is 2. The fourth-order valence-electron chi connectivity index (χ4n) is 2.39. The number of hydrogen-bond acceptors (Lipinski definition) is 6. The number of fused-ring (bicyclic) bond motifs is 1. The Morgan fingerprint density at radius 1 is 1.18 bits per heavy atom. The highest BCUT2D eigenvalue weighted by Gasteiger charge is 2.19. The molecule has 0 fully saturated rings. The van der Waals surface area contributed by atoms with Gasteiger partial charge in [0.05, 0.1) is 26.5 Å². The van der Waals surface area contributed by atoms with Gasteiger partial charge >= 0.3 is 0 Å². The number of carbonyl (C=O) groups excluding carboxylic acids is 1. The van der Waals surface area contributed by atoms with Gasteiger partial charge in [0.25, 0.3) is 5.91 Å². The van der Waals surface area contributed by atoms with Gasteiger partial charge in [-0.2, -0.15) is 0 Å². The van der Waals surface area contributed by atoms with E-state index in [-0.39, 0.29) is 28.1 Å². The number of sulfonamides is 1. The van der Waals surface area contributed by atoms with E-state index >= 15 is 0 Å². The van der Waals surface area contributed by atoms with Gasteiger partial charge in [-0.3, -0.25) is 4.79 Å². The maximum Gasteiger partial charge on any atom is 0.262 e. The van der Waals surface area contributed by atoms with Gasteiger partial charge in [0, 0.05) is 14.1 Å². The van der Waals surface area contributed by atoms with E-state index < -0.39 is 15.9 Å². The van der Waals surface area contributed by atoms with Crippen molar-refractivity contribution in [2.45, 2.75) is 4.90 Å². The zero-order chi connectivity index (χ0) is 20.3. The smallest absolute Gasteiger partial charge is 0.262 e. The largest absolute Gasteiger partial charge is 0.467 e. The summed E-state index contributed by atoms with van der Waals surface area (Å²) in [6, 6.07) is 11.3. The maximum atomic E-state index is 12.3. The van der Waals surface area contributed by atoms with Gasteiger partial charge in [0.15, 0.2) is 6.61 Å². The van der Waals surface area contributed by atoms with Crippen LogP contribution >= 0.6 is 11.6 Å². The molecule has 0 aliphatic carbocycles. The minimum absolute atomic E-state index is 0.0138. The molecule has 0 radical (unpaired) electrons. The molecule has 1 aromatic heterocycles. The second-order valence-electron chi connectivity index (χ2n) is 5.96. The first-order chi connectivity index (χ1) is 13.3. The summed E-state index contributed by atoms with van der Waals surface area (Å²) in [6.45, 7) is -0.331. The molecule has 0 unspecified atom stereocenters. The molecule has 3 rings (SSSR count). The quantitative estimate of drug-likeness (QED) is 0.657. The summed E-state index contributed by atoms with van der Waals surface area (Å²) in [7, 11) is -0.819. The highest BCUT2D eigenvalue weighted by Crippen LogP contribution is 2.26. The van der Waals surface area contributed by atoms with Crippen molar-refractivity contribution < 1.29 is 17.9 Å². The Hall–Kier alpha value is -2.75. The summed E-state index contributed by atoms with van der Waals surface area (Å²) >= 11 is 6.08. The van der Waals surface area contributed by atoms with Gasteiger partial charge in [-0.05, 0) is 30.3 Å². The van der Waals surface area contributed by atoms with Crippen LogP contribution < -0.4 is 10.1 Å².